The maximum atomic E-state index is 12.3. The molecule has 9 heteroatoms. The lowest BCUT2D eigenvalue weighted by Crippen LogP contribution is -2.42. The molecule has 0 saturated carbocycles. The van der Waals surface area contributed by atoms with Gasteiger partial charge in [-0.05, 0) is 18.6 Å². The summed E-state index contributed by atoms with van der Waals surface area (Å²) in [5.74, 6) is -2.42. The maximum absolute atomic E-state index is 12.3. The van der Waals surface area contributed by atoms with Gasteiger partial charge in [0.2, 0.25) is 0 Å². The van der Waals surface area contributed by atoms with Crippen molar-refractivity contribution in [3.63, 3.8) is 0 Å². The van der Waals surface area contributed by atoms with Crippen LogP contribution in [0.2, 0.25) is 0 Å². The average Bonchev–Trinajstić information content (AvgIpc) is 2.76. The maximum Gasteiger partial charge on any atom is 0.471 e. The zero-order valence-electron chi connectivity index (χ0n) is 12.5. The third-order valence-electron chi connectivity index (χ3n) is 3.13. The SMILES string of the molecule is Cc1ccc(/C=C2\SC(=S)N(CCNC(=O)C(F)(F)F)C2=O)cc1. The van der Waals surface area contributed by atoms with Crippen LogP contribution in [-0.4, -0.2) is 40.3 Å². The number of nitrogens with zero attached hydrogens (tertiary/aromatic N) is 1. The lowest BCUT2D eigenvalue weighted by molar-refractivity contribution is -0.173. The Bertz CT molecular complexity index is 700. The molecule has 0 bridgehead atoms. The van der Waals surface area contributed by atoms with Crippen molar-refractivity contribution in [1.82, 2.24) is 10.2 Å². The summed E-state index contributed by atoms with van der Waals surface area (Å²) in [7, 11) is 0. The van der Waals surface area contributed by atoms with Gasteiger partial charge in [-0.25, -0.2) is 0 Å². The van der Waals surface area contributed by atoms with Gasteiger partial charge >= 0.3 is 12.1 Å². The van der Waals surface area contributed by atoms with E-state index in [1.807, 2.05) is 31.2 Å². The van der Waals surface area contributed by atoms with Crippen LogP contribution in [0.3, 0.4) is 0 Å². The quantitative estimate of drug-likeness (QED) is 0.650. The lowest BCUT2D eigenvalue weighted by atomic mass is 10.1. The second kappa shape index (κ2) is 7.35. The Morgan fingerprint density at radius 1 is 1.33 bits per heavy atom. The smallest absolute Gasteiger partial charge is 0.346 e. The molecule has 4 nitrogen and oxygen atoms in total. The van der Waals surface area contributed by atoms with E-state index in [1.165, 1.54) is 4.90 Å². The van der Waals surface area contributed by atoms with E-state index < -0.39 is 12.1 Å². The summed E-state index contributed by atoms with van der Waals surface area (Å²) in [6.07, 6.45) is -3.27. The normalized spacial score (nSPS) is 16.8. The molecule has 24 heavy (non-hydrogen) atoms. The van der Waals surface area contributed by atoms with Gasteiger partial charge in [-0.15, -0.1) is 0 Å². The van der Waals surface area contributed by atoms with Crippen molar-refractivity contribution >= 4 is 46.2 Å². The van der Waals surface area contributed by atoms with Crippen molar-refractivity contribution in [3.05, 3.63) is 40.3 Å². The van der Waals surface area contributed by atoms with Gasteiger partial charge in [0, 0.05) is 13.1 Å². The fraction of sp³-hybridized carbons (Fsp3) is 0.267. The van der Waals surface area contributed by atoms with Crippen LogP contribution in [0.1, 0.15) is 11.1 Å². The van der Waals surface area contributed by atoms with E-state index in [1.54, 1.807) is 11.4 Å². The first-order valence-corrected chi connectivity index (χ1v) is 8.08. The number of carbonyl (C=O) groups excluding carboxylic acids is 2. The lowest BCUT2D eigenvalue weighted by Gasteiger charge is -2.15. The van der Waals surface area contributed by atoms with Gasteiger partial charge in [-0.1, -0.05) is 53.8 Å². The van der Waals surface area contributed by atoms with Crippen molar-refractivity contribution in [1.29, 1.82) is 0 Å². The molecule has 2 amide bonds. The van der Waals surface area contributed by atoms with Crippen LogP contribution in [0, 0.1) is 6.92 Å². The van der Waals surface area contributed by atoms with Gasteiger partial charge in [0.05, 0.1) is 4.91 Å². The van der Waals surface area contributed by atoms with Crippen LogP contribution < -0.4 is 5.32 Å². The number of hydrogen-bond donors (Lipinski definition) is 1. The molecule has 1 fully saturated rings. The standard InChI is InChI=1S/C15H13F3N2O2S2/c1-9-2-4-10(5-3-9)8-11-12(21)20(14(23)24-11)7-6-19-13(22)15(16,17)18/h2-5,8H,6-7H2,1H3,(H,19,22)/b11-8-. The monoisotopic (exact) mass is 374 g/mol. The topological polar surface area (TPSA) is 49.4 Å². The van der Waals surface area contributed by atoms with Gasteiger partial charge in [0.25, 0.3) is 5.91 Å². The number of carbonyl (C=O) groups is 2. The van der Waals surface area contributed by atoms with Crippen LogP contribution in [0.4, 0.5) is 13.2 Å². The van der Waals surface area contributed by atoms with Crippen molar-refractivity contribution in [2.24, 2.45) is 0 Å². The van der Waals surface area contributed by atoms with Crippen molar-refractivity contribution in [3.8, 4) is 0 Å². The molecule has 0 aromatic heterocycles. The van der Waals surface area contributed by atoms with Crippen LogP contribution >= 0.6 is 24.0 Å². The molecule has 1 heterocycles. The van der Waals surface area contributed by atoms with E-state index in [-0.39, 0.29) is 23.3 Å². The highest BCUT2D eigenvalue weighted by Gasteiger charge is 2.38. The third kappa shape index (κ3) is 4.57. The Labute approximate surface area is 146 Å². The van der Waals surface area contributed by atoms with E-state index in [0.717, 1.165) is 22.9 Å². The Kier molecular flexibility index (Phi) is 5.66. The zero-order valence-corrected chi connectivity index (χ0v) is 14.1. The molecule has 1 N–H and O–H groups in total. The molecule has 1 aliphatic rings. The predicted molar refractivity (Wildman–Crippen MR) is 90.1 cm³/mol. The van der Waals surface area contributed by atoms with Crippen molar-refractivity contribution < 1.29 is 22.8 Å². The highest BCUT2D eigenvalue weighted by molar-refractivity contribution is 8.26. The molecule has 0 spiro atoms. The second-order valence-electron chi connectivity index (χ2n) is 5.00. The molecule has 2 rings (SSSR count). The minimum absolute atomic E-state index is 0.113. The number of thiocarbonyl (C=S) groups is 1. The first-order valence-electron chi connectivity index (χ1n) is 6.85. The Morgan fingerprint density at radius 2 is 1.96 bits per heavy atom. The molecule has 1 saturated heterocycles. The Balaban J connectivity index is 1.99. The van der Waals surface area contributed by atoms with E-state index in [4.69, 9.17) is 12.2 Å². The third-order valence-corrected chi connectivity index (χ3v) is 4.50. The molecular formula is C15H13F3N2O2S2. The first-order chi connectivity index (χ1) is 11.2. The predicted octanol–water partition coefficient (Wildman–Crippen LogP) is 2.87. The minimum atomic E-state index is -4.94. The van der Waals surface area contributed by atoms with E-state index in [9.17, 15) is 22.8 Å². The highest BCUT2D eigenvalue weighted by atomic mass is 32.2. The molecule has 0 radical (unpaired) electrons. The summed E-state index contributed by atoms with van der Waals surface area (Å²) >= 11 is 6.16. The zero-order chi connectivity index (χ0) is 17.9. The number of halogens is 3. The first kappa shape index (κ1) is 18.5. The fourth-order valence-electron chi connectivity index (χ4n) is 1.89. The molecule has 1 aliphatic heterocycles. The van der Waals surface area contributed by atoms with Crippen LogP contribution in [0.5, 0.6) is 0 Å². The van der Waals surface area contributed by atoms with E-state index >= 15 is 0 Å². The summed E-state index contributed by atoms with van der Waals surface area (Å²) in [4.78, 5) is 24.6. The van der Waals surface area contributed by atoms with Crippen molar-refractivity contribution in [2.45, 2.75) is 13.1 Å². The van der Waals surface area contributed by atoms with Gasteiger partial charge in [-0.2, -0.15) is 13.2 Å². The largest absolute Gasteiger partial charge is 0.471 e. The molecule has 1 aromatic carbocycles. The summed E-state index contributed by atoms with van der Waals surface area (Å²) in [5, 5.41) is 1.72. The van der Waals surface area contributed by atoms with Crippen molar-refractivity contribution in [2.75, 3.05) is 13.1 Å². The number of hydrogen-bond acceptors (Lipinski definition) is 4. The van der Waals surface area contributed by atoms with Crippen LogP contribution in [-0.2, 0) is 9.59 Å². The Hall–Kier alpha value is -1.87. The molecule has 0 aliphatic carbocycles. The molecule has 0 atom stereocenters. The Morgan fingerprint density at radius 3 is 2.54 bits per heavy atom. The highest BCUT2D eigenvalue weighted by Crippen LogP contribution is 2.32. The van der Waals surface area contributed by atoms with Gasteiger partial charge in [-0.3, -0.25) is 14.5 Å². The summed E-state index contributed by atoms with van der Waals surface area (Å²) in [6.45, 7) is 1.50. The molecular weight excluding hydrogens is 361 g/mol. The minimum Gasteiger partial charge on any atom is -0.346 e. The summed E-state index contributed by atoms with van der Waals surface area (Å²) in [5.41, 5.74) is 1.91. The molecule has 0 unspecified atom stereocenters. The van der Waals surface area contributed by atoms with Gasteiger partial charge in [0.15, 0.2) is 0 Å². The van der Waals surface area contributed by atoms with Gasteiger partial charge < -0.3 is 5.32 Å². The molecule has 1 aromatic rings. The summed E-state index contributed by atoms with van der Waals surface area (Å²) < 4.78 is 36.6. The number of thioether (sulfide) groups is 1. The van der Waals surface area contributed by atoms with E-state index in [2.05, 4.69) is 0 Å². The number of benzene rings is 1. The summed E-state index contributed by atoms with van der Waals surface area (Å²) in [6, 6.07) is 7.51. The van der Waals surface area contributed by atoms with E-state index in [0.29, 0.717) is 4.91 Å². The number of rotatable bonds is 4. The fourth-order valence-corrected chi connectivity index (χ4v) is 3.20. The van der Waals surface area contributed by atoms with Gasteiger partial charge in [0.1, 0.15) is 4.32 Å². The number of aryl methyl sites for hydroxylation is 1. The second-order valence-corrected chi connectivity index (χ2v) is 6.67. The van der Waals surface area contributed by atoms with Crippen LogP contribution in [0.15, 0.2) is 29.2 Å². The number of amides is 2. The average molecular weight is 374 g/mol. The number of alkyl halides is 3. The number of nitrogens with one attached hydrogen (secondary N) is 1. The molecule has 128 valence electrons. The van der Waals surface area contributed by atoms with Crippen LogP contribution in [0.25, 0.3) is 6.08 Å².